The topological polar surface area (TPSA) is 84.7 Å². The zero-order chi connectivity index (χ0) is 17.4. The number of rotatable bonds is 9. The summed E-state index contributed by atoms with van der Waals surface area (Å²) in [6.07, 6.45) is 6.02. The summed E-state index contributed by atoms with van der Waals surface area (Å²) in [4.78, 5) is 20.7. The van der Waals surface area contributed by atoms with E-state index in [9.17, 15) is 4.79 Å². The second-order valence-corrected chi connectivity index (χ2v) is 6.34. The molecule has 7 nitrogen and oxygen atoms in total. The molecule has 2 heterocycles. The first-order valence-corrected chi connectivity index (χ1v) is 9.18. The van der Waals surface area contributed by atoms with Crippen molar-refractivity contribution in [3.8, 4) is 0 Å². The van der Waals surface area contributed by atoms with Crippen molar-refractivity contribution in [2.75, 3.05) is 24.2 Å². The maximum absolute atomic E-state index is 11.5. The number of fused-ring (bicyclic) bond motifs is 1. The van der Waals surface area contributed by atoms with Gasteiger partial charge in [-0.15, -0.1) is 0 Å². The maximum atomic E-state index is 11.5. The molecule has 0 saturated heterocycles. The van der Waals surface area contributed by atoms with Gasteiger partial charge in [-0.3, -0.25) is 4.79 Å². The van der Waals surface area contributed by atoms with Crippen molar-refractivity contribution in [3.05, 3.63) is 18.3 Å². The van der Waals surface area contributed by atoms with Crippen molar-refractivity contribution in [3.63, 3.8) is 0 Å². The fourth-order valence-electron chi connectivity index (χ4n) is 2.17. The summed E-state index contributed by atoms with van der Waals surface area (Å²) in [5.74, 6) is 1.63. The Morgan fingerprint density at radius 1 is 1.33 bits per heavy atom. The Morgan fingerprint density at radius 2 is 2.17 bits per heavy atom. The van der Waals surface area contributed by atoms with Crippen molar-refractivity contribution in [2.24, 2.45) is 0 Å². The second kappa shape index (κ2) is 9.27. The van der Waals surface area contributed by atoms with Gasteiger partial charge in [-0.1, -0.05) is 31.7 Å². The summed E-state index contributed by atoms with van der Waals surface area (Å²) < 4.78 is 1.81. The minimum atomic E-state index is -0.101. The molecule has 8 heteroatoms. The van der Waals surface area contributed by atoms with Gasteiger partial charge in [0.25, 0.3) is 0 Å². The zero-order valence-corrected chi connectivity index (χ0v) is 15.2. The fourth-order valence-corrected chi connectivity index (χ4v) is 2.73. The van der Waals surface area contributed by atoms with Crippen LogP contribution in [0.4, 0.5) is 5.82 Å². The van der Waals surface area contributed by atoms with Gasteiger partial charge in [0, 0.05) is 13.1 Å². The average molecular weight is 348 g/mol. The largest absolute Gasteiger partial charge is 0.369 e. The summed E-state index contributed by atoms with van der Waals surface area (Å²) in [7, 11) is 0. The standard InChI is InChI=1S/C16H24N6OS/c1-4-7-13(23)17-9-10-22-15-12(11-19-22)14(18-8-5-2)20-16(21-15)24-6-3/h4,7,11H,5-6,8-10H2,1-3H3,(H,17,23)(H,18,20,21). The maximum Gasteiger partial charge on any atom is 0.243 e. The number of amides is 1. The molecule has 0 aliphatic carbocycles. The Balaban J connectivity index is 2.21. The molecule has 24 heavy (non-hydrogen) atoms. The lowest BCUT2D eigenvalue weighted by Gasteiger charge is -2.08. The van der Waals surface area contributed by atoms with Crippen LogP contribution in [0.5, 0.6) is 0 Å². The summed E-state index contributed by atoms with van der Waals surface area (Å²) in [5.41, 5.74) is 0.792. The van der Waals surface area contributed by atoms with Crippen LogP contribution in [0.15, 0.2) is 23.5 Å². The molecule has 2 aromatic rings. The van der Waals surface area contributed by atoms with Crippen LogP contribution in [-0.2, 0) is 11.3 Å². The van der Waals surface area contributed by atoms with Crippen LogP contribution >= 0.6 is 11.8 Å². The molecule has 0 aromatic carbocycles. The molecular weight excluding hydrogens is 324 g/mol. The number of aromatic nitrogens is 4. The third-order valence-electron chi connectivity index (χ3n) is 3.23. The number of thioether (sulfide) groups is 1. The van der Waals surface area contributed by atoms with E-state index in [0.29, 0.717) is 13.1 Å². The molecule has 2 N–H and O–H groups in total. The van der Waals surface area contributed by atoms with Crippen LogP contribution < -0.4 is 10.6 Å². The van der Waals surface area contributed by atoms with Crippen molar-refractivity contribution >= 4 is 34.5 Å². The molecule has 2 aromatic heterocycles. The quantitative estimate of drug-likeness (QED) is 0.411. The predicted octanol–water partition coefficient (Wildman–Crippen LogP) is 2.45. The molecule has 0 radical (unpaired) electrons. The lowest BCUT2D eigenvalue weighted by atomic mass is 10.3. The summed E-state index contributed by atoms with van der Waals surface area (Å²) in [6.45, 7) is 7.92. The van der Waals surface area contributed by atoms with E-state index >= 15 is 0 Å². The Morgan fingerprint density at radius 3 is 2.88 bits per heavy atom. The highest BCUT2D eigenvalue weighted by Gasteiger charge is 2.13. The minimum Gasteiger partial charge on any atom is -0.369 e. The van der Waals surface area contributed by atoms with Gasteiger partial charge in [-0.2, -0.15) is 5.10 Å². The Kier molecular flexibility index (Phi) is 7.05. The number of carbonyl (C=O) groups is 1. The monoisotopic (exact) mass is 348 g/mol. The normalized spacial score (nSPS) is 11.3. The predicted molar refractivity (Wildman–Crippen MR) is 98.3 cm³/mol. The van der Waals surface area contributed by atoms with Crippen LogP contribution in [0.3, 0.4) is 0 Å². The molecule has 2 rings (SSSR count). The van der Waals surface area contributed by atoms with Gasteiger partial charge in [0.2, 0.25) is 5.91 Å². The lowest BCUT2D eigenvalue weighted by Crippen LogP contribution is -2.25. The van der Waals surface area contributed by atoms with Gasteiger partial charge in [-0.25, -0.2) is 14.6 Å². The fraction of sp³-hybridized carbons (Fsp3) is 0.500. The molecular formula is C16H24N6OS. The number of carbonyl (C=O) groups excluding carboxylic acids is 1. The molecule has 1 amide bonds. The highest BCUT2D eigenvalue weighted by atomic mass is 32.2. The van der Waals surface area contributed by atoms with Crippen molar-refractivity contribution in [2.45, 2.75) is 38.9 Å². The third kappa shape index (κ3) is 4.70. The molecule has 0 aliphatic heterocycles. The molecule has 0 bridgehead atoms. The third-order valence-corrected chi connectivity index (χ3v) is 3.96. The first kappa shape index (κ1) is 18.3. The molecule has 0 spiro atoms. The van der Waals surface area contributed by atoms with E-state index in [2.05, 4.69) is 39.5 Å². The number of nitrogens with zero attached hydrogens (tertiary/aromatic N) is 4. The Hall–Kier alpha value is -2.09. The summed E-state index contributed by atoms with van der Waals surface area (Å²) in [5, 5.41) is 12.2. The van der Waals surface area contributed by atoms with Gasteiger partial charge < -0.3 is 10.6 Å². The van der Waals surface area contributed by atoms with Crippen LogP contribution in [-0.4, -0.2) is 44.5 Å². The van der Waals surface area contributed by atoms with Crippen LogP contribution in [0, 0.1) is 0 Å². The minimum absolute atomic E-state index is 0.101. The number of hydrogen-bond acceptors (Lipinski definition) is 6. The van der Waals surface area contributed by atoms with Gasteiger partial charge in [0.15, 0.2) is 10.8 Å². The van der Waals surface area contributed by atoms with Crippen LogP contribution in [0.25, 0.3) is 11.0 Å². The van der Waals surface area contributed by atoms with E-state index in [1.54, 1.807) is 24.0 Å². The van der Waals surface area contributed by atoms with E-state index < -0.39 is 0 Å². The average Bonchev–Trinajstić information content (AvgIpc) is 2.96. The summed E-state index contributed by atoms with van der Waals surface area (Å²) >= 11 is 1.60. The first-order chi connectivity index (χ1) is 11.7. The lowest BCUT2D eigenvalue weighted by molar-refractivity contribution is -0.116. The number of nitrogens with one attached hydrogen (secondary N) is 2. The summed E-state index contributed by atoms with van der Waals surface area (Å²) in [6, 6.07) is 0. The van der Waals surface area contributed by atoms with Gasteiger partial charge in [-0.05, 0) is 25.2 Å². The van der Waals surface area contributed by atoms with Gasteiger partial charge >= 0.3 is 0 Å². The Bertz CT molecular complexity index is 712. The SMILES string of the molecule is CC=CC(=O)NCCn1ncc2c(NCCC)nc(SCC)nc21. The Labute approximate surface area is 146 Å². The van der Waals surface area contributed by atoms with E-state index in [1.807, 2.05) is 11.6 Å². The van der Waals surface area contributed by atoms with Crippen molar-refractivity contribution in [1.29, 1.82) is 0 Å². The second-order valence-electron chi connectivity index (χ2n) is 5.11. The van der Waals surface area contributed by atoms with Crippen LogP contribution in [0.2, 0.25) is 0 Å². The first-order valence-electron chi connectivity index (χ1n) is 8.20. The van der Waals surface area contributed by atoms with Gasteiger partial charge in [0.1, 0.15) is 5.82 Å². The molecule has 0 fully saturated rings. The number of allylic oxidation sites excluding steroid dienone is 1. The smallest absolute Gasteiger partial charge is 0.243 e. The highest BCUT2D eigenvalue weighted by molar-refractivity contribution is 7.99. The van der Waals surface area contributed by atoms with E-state index in [4.69, 9.17) is 0 Å². The molecule has 0 saturated carbocycles. The zero-order valence-electron chi connectivity index (χ0n) is 14.4. The molecule has 130 valence electrons. The van der Waals surface area contributed by atoms with Gasteiger partial charge in [0.05, 0.1) is 18.1 Å². The molecule has 0 unspecified atom stereocenters. The van der Waals surface area contributed by atoms with E-state index in [0.717, 1.165) is 40.7 Å². The number of hydrogen-bond donors (Lipinski definition) is 2. The van der Waals surface area contributed by atoms with E-state index in [1.165, 1.54) is 6.08 Å². The van der Waals surface area contributed by atoms with Crippen LogP contribution in [0.1, 0.15) is 27.2 Å². The van der Waals surface area contributed by atoms with Crippen molar-refractivity contribution in [1.82, 2.24) is 25.1 Å². The molecule has 0 aliphatic rings. The number of anilines is 1. The van der Waals surface area contributed by atoms with E-state index in [-0.39, 0.29) is 5.91 Å². The van der Waals surface area contributed by atoms with Crippen molar-refractivity contribution < 1.29 is 4.79 Å². The highest BCUT2D eigenvalue weighted by Crippen LogP contribution is 2.24. The molecule has 0 atom stereocenters.